The van der Waals surface area contributed by atoms with Crippen LogP contribution in [0.1, 0.15) is 106 Å². The van der Waals surface area contributed by atoms with Gasteiger partial charge < -0.3 is 41.0 Å². The van der Waals surface area contributed by atoms with E-state index in [0.717, 1.165) is 31.2 Å². The van der Waals surface area contributed by atoms with E-state index in [4.69, 9.17) is 30.4 Å². The molecular weight excluding hydrogens is 580 g/mol. The Bertz CT molecular complexity index is 1010. The van der Waals surface area contributed by atoms with Crippen molar-refractivity contribution in [3.8, 4) is 0 Å². The maximum atomic E-state index is 12.1. The molecule has 6 N–H and O–H groups in total. The summed E-state index contributed by atoms with van der Waals surface area (Å²) in [7, 11) is 0. The predicted octanol–water partition coefficient (Wildman–Crippen LogP) is 5.10. The SMILES string of the molecule is CC(C)(C)OC(=O)C(N)CCCCNC(=O)OCc1ccccc1.CC(C)(C)OC(=O)NC(CCCCN)C(=O)OC(C)(C)C. The van der Waals surface area contributed by atoms with Gasteiger partial charge in [0, 0.05) is 6.54 Å². The van der Waals surface area contributed by atoms with Gasteiger partial charge in [0.1, 0.15) is 35.5 Å². The molecule has 12 nitrogen and oxygen atoms in total. The van der Waals surface area contributed by atoms with Crippen LogP contribution in [0.5, 0.6) is 0 Å². The maximum Gasteiger partial charge on any atom is 0.408 e. The molecule has 0 heterocycles. The van der Waals surface area contributed by atoms with E-state index < -0.39 is 53.0 Å². The Morgan fingerprint density at radius 1 is 0.711 bits per heavy atom. The van der Waals surface area contributed by atoms with Crippen LogP contribution < -0.4 is 22.1 Å². The normalized spacial score (nSPS) is 12.9. The molecule has 1 aromatic rings. The first-order chi connectivity index (χ1) is 20.7. The lowest BCUT2D eigenvalue weighted by Gasteiger charge is -2.26. The minimum atomic E-state index is -0.717. The lowest BCUT2D eigenvalue weighted by Crippen LogP contribution is -2.46. The van der Waals surface area contributed by atoms with Gasteiger partial charge in [-0.15, -0.1) is 0 Å². The van der Waals surface area contributed by atoms with Crippen molar-refractivity contribution in [2.45, 2.75) is 136 Å². The molecule has 2 unspecified atom stereocenters. The van der Waals surface area contributed by atoms with E-state index in [2.05, 4.69) is 10.6 Å². The second-order valence-electron chi connectivity index (χ2n) is 13.6. The molecule has 0 spiro atoms. The standard InChI is InChI=1S/C18H28N2O4.C15H30N2O4/c1-18(2,3)24-16(21)15(19)11-7-8-12-20-17(22)23-13-14-9-5-4-6-10-14;1-14(2,3)20-12(18)11(9-7-8-10-16)17-13(19)21-15(4,5)6/h4-6,9-10,15H,7-8,11-13,19H2,1-3H3,(H,20,22);11H,7-10,16H2,1-6H3,(H,17,19). The molecule has 0 aromatic heterocycles. The van der Waals surface area contributed by atoms with Crippen LogP contribution in [-0.4, -0.2) is 66.1 Å². The average Bonchev–Trinajstić information content (AvgIpc) is 2.89. The minimum absolute atomic E-state index is 0.246. The first kappa shape index (κ1) is 41.6. The van der Waals surface area contributed by atoms with Gasteiger partial charge in [-0.25, -0.2) is 14.4 Å². The maximum absolute atomic E-state index is 12.1. The van der Waals surface area contributed by atoms with Crippen molar-refractivity contribution in [2.75, 3.05) is 13.1 Å². The molecule has 0 aliphatic rings. The van der Waals surface area contributed by atoms with Crippen molar-refractivity contribution in [3.05, 3.63) is 35.9 Å². The van der Waals surface area contributed by atoms with Crippen molar-refractivity contribution in [1.82, 2.24) is 10.6 Å². The first-order valence-corrected chi connectivity index (χ1v) is 15.6. The van der Waals surface area contributed by atoms with Gasteiger partial charge >= 0.3 is 24.1 Å². The molecule has 0 fully saturated rings. The first-order valence-electron chi connectivity index (χ1n) is 15.6. The lowest BCUT2D eigenvalue weighted by molar-refractivity contribution is -0.158. The van der Waals surface area contributed by atoms with Crippen molar-refractivity contribution < 1.29 is 38.1 Å². The quantitative estimate of drug-likeness (QED) is 0.122. The van der Waals surface area contributed by atoms with Crippen molar-refractivity contribution in [3.63, 3.8) is 0 Å². The molecule has 0 aliphatic carbocycles. The third kappa shape index (κ3) is 24.6. The molecule has 1 rings (SSSR count). The van der Waals surface area contributed by atoms with Crippen molar-refractivity contribution in [1.29, 1.82) is 0 Å². The summed E-state index contributed by atoms with van der Waals surface area (Å²) >= 11 is 0. The zero-order valence-corrected chi connectivity index (χ0v) is 28.8. The molecule has 12 heteroatoms. The lowest BCUT2D eigenvalue weighted by atomic mass is 10.1. The van der Waals surface area contributed by atoms with Crippen molar-refractivity contribution in [2.24, 2.45) is 11.5 Å². The fraction of sp³-hybridized carbons (Fsp3) is 0.697. The van der Waals surface area contributed by atoms with E-state index in [-0.39, 0.29) is 6.61 Å². The van der Waals surface area contributed by atoms with Crippen LogP contribution in [0.3, 0.4) is 0 Å². The topological polar surface area (TPSA) is 181 Å². The van der Waals surface area contributed by atoms with Gasteiger partial charge in [0.2, 0.25) is 0 Å². The second-order valence-corrected chi connectivity index (χ2v) is 13.6. The smallest absolute Gasteiger partial charge is 0.408 e. The summed E-state index contributed by atoms with van der Waals surface area (Å²) in [4.78, 5) is 47.2. The predicted molar refractivity (Wildman–Crippen MR) is 174 cm³/mol. The molecule has 2 atom stereocenters. The van der Waals surface area contributed by atoms with Gasteiger partial charge in [-0.3, -0.25) is 4.79 Å². The molecule has 0 radical (unpaired) electrons. The number of amides is 2. The molecule has 1 aromatic carbocycles. The van der Waals surface area contributed by atoms with Crippen LogP contribution in [0.15, 0.2) is 30.3 Å². The second kappa shape index (κ2) is 20.6. The highest BCUT2D eigenvalue weighted by atomic mass is 16.6. The average molecular weight is 639 g/mol. The number of nitrogens with one attached hydrogen (secondary N) is 2. The van der Waals surface area contributed by atoms with Crippen LogP contribution in [0.2, 0.25) is 0 Å². The van der Waals surface area contributed by atoms with E-state index in [1.165, 1.54) is 0 Å². The molecule has 0 bridgehead atoms. The Kier molecular flexibility index (Phi) is 19.1. The highest BCUT2D eigenvalue weighted by Gasteiger charge is 2.28. The number of unbranched alkanes of at least 4 members (excludes halogenated alkanes) is 2. The number of carbonyl (C=O) groups is 4. The number of benzene rings is 1. The summed E-state index contributed by atoms with van der Waals surface area (Å²) in [6.45, 7) is 17.4. The Morgan fingerprint density at radius 2 is 1.24 bits per heavy atom. The zero-order chi connectivity index (χ0) is 34.7. The Morgan fingerprint density at radius 3 is 1.78 bits per heavy atom. The van der Waals surface area contributed by atoms with Crippen molar-refractivity contribution >= 4 is 24.1 Å². The van der Waals surface area contributed by atoms with Gasteiger partial charge in [-0.1, -0.05) is 30.3 Å². The van der Waals surface area contributed by atoms with Gasteiger partial charge in [0.25, 0.3) is 0 Å². The van der Waals surface area contributed by atoms with Crippen LogP contribution in [0, 0.1) is 0 Å². The van der Waals surface area contributed by atoms with Gasteiger partial charge in [0.05, 0.1) is 0 Å². The van der Waals surface area contributed by atoms with Gasteiger partial charge in [-0.05, 0) is 113 Å². The third-order valence-electron chi connectivity index (χ3n) is 5.46. The summed E-state index contributed by atoms with van der Waals surface area (Å²) in [6, 6.07) is 8.14. The summed E-state index contributed by atoms with van der Waals surface area (Å²) < 4.78 is 20.8. The zero-order valence-electron chi connectivity index (χ0n) is 28.8. The molecule has 2 amide bonds. The van der Waals surface area contributed by atoms with Gasteiger partial charge in [-0.2, -0.15) is 0 Å². The number of ether oxygens (including phenoxy) is 4. The van der Waals surface area contributed by atoms with E-state index in [9.17, 15) is 19.2 Å². The monoisotopic (exact) mass is 638 g/mol. The number of esters is 2. The molecule has 45 heavy (non-hydrogen) atoms. The number of nitrogens with two attached hydrogens (primary N) is 2. The fourth-order valence-electron chi connectivity index (χ4n) is 3.51. The molecule has 0 saturated carbocycles. The van der Waals surface area contributed by atoms with E-state index in [0.29, 0.717) is 25.9 Å². The van der Waals surface area contributed by atoms with Crippen LogP contribution in [-0.2, 0) is 35.1 Å². The molecule has 258 valence electrons. The Hall–Kier alpha value is -3.38. The third-order valence-corrected chi connectivity index (χ3v) is 5.46. The number of alkyl carbamates (subject to hydrolysis) is 2. The highest BCUT2D eigenvalue weighted by molar-refractivity contribution is 5.81. The Labute approximate surface area is 269 Å². The Balaban J connectivity index is 0.000000870. The molecular formula is C33H58N4O8. The number of rotatable bonds is 14. The highest BCUT2D eigenvalue weighted by Crippen LogP contribution is 2.13. The van der Waals surface area contributed by atoms with E-state index >= 15 is 0 Å². The molecule has 0 aliphatic heterocycles. The number of carbonyl (C=O) groups excluding carboxylic acids is 4. The fourth-order valence-corrected chi connectivity index (χ4v) is 3.51. The van der Waals surface area contributed by atoms with E-state index in [1.54, 1.807) is 41.5 Å². The van der Waals surface area contributed by atoms with E-state index in [1.807, 2.05) is 51.1 Å². The summed E-state index contributed by atoms with van der Waals surface area (Å²) in [5, 5.41) is 5.25. The van der Waals surface area contributed by atoms with Crippen LogP contribution in [0.25, 0.3) is 0 Å². The minimum Gasteiger partial charge on any atom is -0.459 e. The number of hydrogen-bond donors (Lipinski definition) is 4. The summed E-state index contributed by atoms with van der Waals surface area (Å²) in [5.74, 6) is -0.844. The van der Waals surface area contributed by atoms with Crippen LogP contribution in [0.4, 0.5) is 9.59 Å². The number of hydrogen-bond acceptors (Lipinski definition) is 10. The van der Waals surface area contributed by atoms with Crippen LogP contribution >= 0.6 is 0 Å². The summed E-state index contributed by atoms with van der Waals surface area (Å²) in [6.07, 6.45) is 2.89. The van der Waals surface area contributed by atoms with Gasteiger partial charge in [0.15, 0.2) is 0 Å². The summed E-state index contributed by atoms with van der Waals surface area (Å²) in [5.41, 5.74) is 10.4. The largest absolute Gasteiger partial charge is 0.459 e. The molecule has 0 saturated heterocycles.